The lowest BCUT2D eigenvalue weighted by molar-refractivity contribution is -0.387. The van der Waals surface area contributed by atoms with Gasteiger partial charge in [-0.25, -0.2) is 21.9 Å². The van der Waals surface area contributed by atoms with E-state index in [9.17, 15) is 36.9 Å². The van der Waals surface area contributed by atoms with Crippen molar-refractivity contribution in [3.8, 4) is 0 Å². The van der Waals surface area contributed by atoms with Crippen LogP contribution in [0.15, 0.2) is 41.3 Å². The lowest BCUT2D eigenvalue weighted by atomic mass is 9.78. The molecule has 0 aliphatic carbocycles. The molecule has 2 aromatic rings. The molecule has 12 heteroatoms. The molecule has 0 saturated heterocycles. The van der Waals surface area contributed by atoms with Crippen LogP contribution in [0.25, 0.3) is 0 Å². The fourth-order valence-corrected chi connectivity index (χ4v) is 4.99. The number of para-hydroxylation sites is 1. The highest BCUT2D eigenvalue weighted by Crippen LogP contribution is 2.33. The summed E-state index contributed by atoms with van der Waals surface area (Å²) in [6.07, 6.45) is -0.988. The van der Waals surface area contributed by atoms with Crippen molar-refractivity contribution >= 4 is 27.5 Å². The summed E-state index contributed by atoms with van der Waals surface area (Å²) < 4.78 is 62.0. The summed E-state index contributed by atoms with van der Waals surface area (Å²) in [6, 6.07) is 5.86. The molecule has 0 saturated carbocycles. The number of nitrogens with zero attached hydrogens (tertiary/aromatic N) is 1. The molecule has 1 N–H and O–H groups in total. The highest BCUT2D eigenvalue weighted by molar-refractivity contribution is 7.89. The molecule has 9 nitrogen and oxygen atoms in total. The molecule has 0 unspecified atom stereocenters. The predicted octanol–water partition coefficient (Wildman–Crippen LogP) is 4.40. The number of nitro groups is 1. The quantitative estimate of drug-likeness (QED) is 0.268. The molecule has 0 heterocycles. The van der Waals surface area contributed by atoms with Gasteiger partial charge < -0.3 is 4.74 Å². The molecular weight excluding hydrogens is 510 g/mol. The Bertz CT molecular complexity index is 1320. The molecule has 202 valence electrons. The minimum Gasteiger partial charge on any atom is -0.460 e. The molecule has 37 heavy (non-hydrogen) atoms. The van der Waals surface area contributed by atoms with E-state index in [1.165, 1.54) is 45.0 Å². The van der Waals surface area contributed by atoms with Crippen LogP contribution in [0.3, 0.4) is 0 Å². The van der Waals surface area contributed by atoms with Crippen LogP contribution in [-0.4, -0.2) is 36.7 Å². The van der Waals surface area contributed by atoms with Gasteiger partial charge in [0.25, 0.3) is 5.69 Å². The number of sulfonamides is 1. The Balaban J connectivity index is 2.38. The summed E-state index contributed by atoms with van der Waals surface area (Å²) >= 11 is 0. The van der Waals surface area contributed by atoms with E-state index < -0.39 is 78.8 Å². The fraction of sp³-hybridized carbons (Fsp3) is 0.440. The number of nitro benzene ring substituents is 1. The molecule has 0 radical (unpaired) electrons. The van der Waals surface area contributed by atoms with Crippen LogP contribution in [0.1, 0.15) is 52.2 Å². The van der Waals surface area contributed by atoms with Crippen molar-refractivity contribution in [2.45, 2.75) is 70.9 Å². The number of aryl methyl sites for hydroxylation is 1. The SMILES string of the molecule is Cc1ccc(C[C@](C)(CC(=O)[C@H](C)NS(=O)(=O)c2ccccc2[N+](=O)[O-])C(=O)OC(C)(C)C)c(F)c1F. The van der Waals surface area contributed by atoms with E-state index in [-0.39, 0.29) is 11.1 Å². The summed E-state index contributed by atoms with van der Waals surface area (Å²) in [5, 5.41) is 11.2. The van der Waals surface area contributed by atoms with Gasteiger partial charge in [0.2, 0.25) is 10.0 Å². The number of hydrogen-bond acceptors (Lipinski definition) is 7. The van der Waals surface area contributed by atoms with E-state index in [2.05, 4.69) is 4.72 Å². The fourth-order valence-electron chi connectivity index (χ4n) is 3.59. The van der Waals surface area contributed by atoms with Gasteiger partial charge in [0.05, 0.1) is 16.4 Å². The molecule has 0 aliphatic rings. The van der Waals surface area contributed by atoms with Gasteiger partial charge in [0.15, 0.2) is 22.3 Å². The molecule has 0 bridgehead atoms. The van der Waals surface area contributed by atoms with E-state index >= 15 is 0 Å². The maximum absolute atomic E-state index is 14.6. The van der Waals surface area contributed by atoms with Gasteiger partial charge in [-0.3, -0.25) is 19.7 Å². The Labute approximate surface area is 214 Å². The zero-order valence-corrected chi connectivity index (χ0v) is 22.2. The number of benzene rings is 2. The summed E-state index contributed by atoms with van der Waals surface area (Å²) in [5.41, 5.74) is -3.42. The van der Waals surface area contributed by atoms with Gasteiger partial charge in [-0.15, -0.1) is 0 Å². The average Bonchev–Trinajstić information content (AvgIpc) is 2.78. The Kier molecular flexibility index (Phi) is 8.92. The minimum atomic E-state index is -4.50. The summed E-state index contributed by atoms with van der Waals surface area (Å²) in [7, 11) is -4.50. The van der Waals surface area contributed by atoms with Crippen LogP contribution >= 0.6 is 0 Å². The number of ether oxygens (including phenoxy) is 1. The van der Waals surface area contributed by atoms with Gasteiger partial charge in [-0.05, 0) is 65.2 Å². The first-order chi connectivity index (χ1) is 16.9. The van der Waals surface area contributed by atoms with Crippen LogP contribution in [-0.2, 0) is 30.8 Å². The van der Waals surface area contributed by atoms with E-state index in [1.807, 2.05) is 0 Å². The molecule has 0 fully saturated rings. The van der Waals surface area contributed by atoms with E-state index in [4.69, 9.17) is 4.74 Å². The number of nitrogens with one attached hydrogen (secondary N) is 1. The maximum Gasteiger partial charge on any atom is 0.313 e. The van der Waals surface area contributed by atoms with Gasteiger partial charge in [-0.1, -0.05) is 24.3 Å². The summed E-state index contributed by atoms with van der Waals surface area (Å²) in [6.45, 7) is 8.74. The third kappa shape index (κ3) is 7.39. The molecule has 2 atom stereocenters. The highest BCUT2D eigenvalue weighted by atomic mass is 32.2. The number of esters is 1. The van der Waals surface area contributed by atoms with Crippen molar-refractivity contribution in [2.24, 2.45) is 5.41 Å². The number of Topliss-reactive ketones (excluding diaryl/α,β-unsaturated/α-hetero) is 1. The Hall–Kier alpha value is -3.25. The van der Waals surface area contributed by atoms with Crippen LogP contribution in [0, 0.1) is 34.1 Å². The molecule has 0 amide bonds. The normalized spacial score (nSPS) is 14.5. The summed E-state index contributed by atoms with van der Waals surface area (Å²) in [5.74, 6) is -3.86. The number of hydrogen-bond donors (Lipinski definition) is 1. The van der Waals surface area contributed by atoms with Crippen LogP contribution in [0.5, 0.6) is 0 Å². The van der Waals surface area contributed by atoms with Crippen LogP contribution < -0.4 is 4.72 Å². The molecular formula is C25H30F2N2O7S. The second-order valence-corrected chi connectivity index (χ2v) is 11.8. The highest BCUT2D eigenvalue weighted by Gasteiger charge is 2.42. The van der Waals surface area contributed by atoms with Crippen molar-refractivity contribution in [1.82, 2.24) is 4.72 Å². The Morgan fingerprint density at radius 3 is 2.24 bits per heavy atom. The first kappa shape index (κ1) is 30.0. The second kappa shape index (κ2) is 11.0. The van der Waals surface area contributed by atoms with Crippen LogP contribution in [0.2, 0.25) is 0 Å². The number of halogens is 2. The van der Waals surface area contributed by atoms with Crippen molar-refractivity contribution in [3.05, 3.63) is 69.3 Å². The number of rotatable bonds is 10. The number of carbonyl (C=O) groups is 2. The number of ketones is 1. The first-order valence-corrected chi connectivity index (χ1v) is 12.8. The standard InChI is InChI=1S/C25H30F2N2O7S/c1-15-11-12-17(22(27)21(15)26)13-25(6,23(31)36-24(3,4)5)14-19(30)16(2)28-37(34,35)20-10-8-7-9-18(20)29(32)33/h7-12,16,28H,13-14H2,1-6H3/t16-,25+/m0/s1. The predicted molar refractivity (Wildman–Crippen MR) is 131 cm³/mol. The molecule has 0 aromatic heterocycles. The largest absolute Gasteiger partial charge is 0.460 e. The topological polar surface area (TPSA) is 133 Å². The maximum atomic E-state index is 14.6. The second-order valence-electron chi connectivity index (χ2n) is 10.1. The monoisotopic (exact) mass is 540 g/mol. The van der Waals surface area contributed by atoms with E-state index in [0.717, 1.165) is 12.1 Å². The molecule has 2 aromatic carbocycles. The average molecular weight is 541 g/mol. The Morgan fingerprint density at radius 1 is 1.08 bits per heavy atom. The molecule has 0 aliphatic heterocycles. The van der Waals surface area contributed by atoms with Crippen molar-refractivity contribution in [3.63, 3.8) is 0 Å². The lowest BCUT2D eigenvalue weighted by Gasteiger charge is -2.32. The minimum absolute atomic E-state index is 0.0642. The van der Waals surface area contributed by atoms with E-state index in [0.29, 0.717) is 0 Å². The first-order valence-electron chi connectivity index (χ1n) is 11.3. The van der Waals surface area contributed by atoms with Crippen molar-refractivity contribution < 1.29 is 36.4 Å². The van der Waals surface area contributed by atoms with Gasteiger partial charge >= 0.3 is 5.97 Å². The smallest absolute Gasteiger partial charge is 0.313 e. The van der Waals surface area contributed by atoms with Crippen LogP contribution in [0.4, 0.5) is 14.5 Å². The van der Waals surface area contributed by atoms with Crippen molar-refractivity contribution in [2.75, 3.05) is 0 Å². The third-order valence-corrected chi connectivity index (χ3v) is 7.15. The summed E-state index contributed by atoms with van der Waals surface area (Å²) in [4.78, 5) is 36.0. The zero-order chi connectivity index (χ0) is 28.3. The van der Waals surface area contributed by atoms with E-state index in [1.54, 1.807) is 20.8 Å². The number of carbonyl (C=O) groups excluding carboxylic acids is 2. The zero-order valence-electron chi connectivity index (χ0n) is 21.4. The van der Waals surface area contributed by atoms with Crippen molar-refractivity contribution in [1.29, 1.82) is 0 Å². The molecule has 2 rings (SSSR count). The third-order valence-electron chi connectivity index (χ3n) is 5.56. The molecule has 0 spiro atoms. The van der Waals surface area contributed by atoms with Gasteiger partial charge in [-0.2, -0.15) is 0 Å². The lowest BCUT2D eigenvalue weighted by Crippen LogP contribution is -2.44. The van der Waals surface area contributed by atoms with Gasteiger partial charge in [0.1, 0.15) is 5.60 Å². The van der Waals surface area contributed by atoms with Gasteiger partial charge in [0, 0.05) is 12.5 Å². The Morgan fingerprint density at radius 2 is 1.68 bits per heavy atom.